The van der Waals surface area contributed by atoms with Crippen LogP contribution in [0.3, 0.4) is 0 Å². The summed E-state index contributed by atoms with van der Waals surface area (Å²) in [4.78, 5) is 23.8. The standard InChI is InChI=1S/C18H13ClFN3O4S/c19-12-3-1-5-14(9-12)21-16(24)11-23-18(25)8-7-17(22-23)28(26,27)15-6-2-4-13(20)10-15/h1-10H,11H2,(H,21,24). The van der Waals surface area contributed by atoms with Crippen LogP contribution in [0, 0.1) is 5.82 Å². The van der Waals surface area contributed by atoms with Crippen molar-refractivity contribution in [3.05, 3.63) is 81.9 Å². The van der Waals surface area contributed by atoms with E-state index >= 15 is 0 Å². The molecule has 0 bridgehead atoms. The molecule has 0 saturated carbocycles. The molecule has 0 atom stereocenters. The average Bonchev–Trinajstić information content (AvgIpc) is 2.63. The summed E-state index contributed by atoms with van der Waals surface area (Å²) in [6.07, 6.45) is 0. The Balaban J connectivity index is 1.87. The number of aromatic nitrogens is 2. The molecule has 3 rings (SSSR count). The molecule has 0 aliphatic carbocycles. The number of nitrogens with one attached hydrogen (secondary N) is 1. The fourth-order valence-electron chi connectivity index (χ4n) is 2.34. The number of amides is 1. The third-order valence-corrected chi connectivity index (χ3v) is 5.50. The Morgan fingerprint density at radius 2 is 1.86 bits per heavy atom. The van der Waals surface area contributed by atoms with Crippen molar-refractivity contribution in [1.29, 1.82) is 0 Å². The maximum Gasteiger partial charge on any atom is 0.267 e. The molecule has 0 spiro atoms. The van der Waals surface area contributed by atoms with Crippen LogP contribution in [0.5, 0.6) is 0 Å². The van der Waals surface area contributed by atoms with Gasteiger partial charge in [0.15, 0.2) is 5.03 Å². The molecule has 2 aromatic carbocycles. The van der Waals surface area contributed by atoms with Gasteiger partial charge in [-0.05, 0) is 42.5 Å². The number of carbonyl (C=O) groups excluding carboxylic acids is 1. The highest BCUT2D eigenvalue weighted by molar-refractivity contribution is 7.91. The van der Waals surface area contributed by atoms with Crippen molar-refractivity contribution < 1.29 is 17.6 Å². The summed E-state index contributed by atoms with van der Waals surface area (Å²) in [5, 5.41) is 6.22. The van der Waals surface area contributed by atoms with Gasteiger partial charge in [-0.2, -0.15) is 5.10 Å². The van der Waals surface area contributed by atoms with Gasteiger partial charge in [0.2, 0.25) is 15.7 Å². The molecule has 1 N–H and O–H groups in total. The van der Waals surface area contributed by atoms with Gasteiger partial charge in [0.25, 0.3) is 5.56 Å². The van der Waals surface area contributed by atoms with E-state index in [1.165, 1.54) is 18.2 Å². The monoisotopic (exact) mass is 421 g/mol. The summed E-state index contributed by atoms with van der Waals surface area (Å²) in [5.74, 6) is -1.33. The second kappa shape index (κ2) is 7.91. The Morgan fingerprint density at radius 1 is 1.11 bits per heavy atom. The predicted molar refractivity (Wildman–Crippen MR) is 100 cm³/mol. The van der Waals surface area contributed by atoms with E-state index in [1.54, 1.807) is 18.2 Å². The van der Waals surface area contributed by atoms with E-state index in [9.17, 15) is 22.4 Å². The van der Waals surface area contributed by atoms with Gasteiger partial charge in [-0.25, -0.2) is 17.5 Å². The van der Waals surface area contributed by atoms with Gasteiger partial charge >= 0.3 is 0 Å². The molecule has 0 fully saturated rings. The second-order valence-electron chi connectivity index (χ2n) is 5.69. The average molecular weight is 422 g/mol. The lowest BCUT2D eigenvalue weighted by Crippen LogP contribution is -2.30. The number of hydrogen-bond acceptors (Lipinski definition) is 5. The Labute approximate surface area is 164 Å². The molecule has 3 aromatic rings. The van der Waals surface area contributed by atoms with Crippen LogP contribution >= 0.6 is 11.6 Å². The smallest absolute Gasteiger partial charge is 0.267 e. The van der Waals surface area contributed by atoms with Crippen LogP contribution in [0.4, 0.5) is 10.1 Å². The number of sulfone groups is 1. The molecule has 7 nitrogen and oxygen atoms in total. The first-order valence-corrected chi connectivity index (χ1v) is 9.76. The minimum atomic E-state index is -4.16. The Bertz CT molecular complexity index is 1210. The van der Waals surface area contributed by atoms with Crippen molar-refractivity contribution in [2.24, 2.45) is 0 Å². The molecule has 0 unspecified atom stereocenters. The fraction of sp³-hybridized carbons (Fsp3) is 0.0556. The number of rotatable bonds is 5. The normalized spacial score (nSPS) is 11.2. The van der Waals surface area contributed by atoms with Gasteiger partial charge in [-0.15, -0.1) is 0 Å². The number of benzene rings is 2. The quantitative estimate of drug-likeness (QED) is 0.682. The first-order valence-electron chi connectivity index (χ1n) is 7.90. The van der Waals surface area contributed by atoms with Crippen molar-refractivity contribution in [3.63, 3.8) is 0 Å². The van der Waals surface area contributed by atoms with Gasteiger partial charge in [0.1, 0.15) is 12.4 Å². The summed E-state index contributed by atoms with van der Waals surface area (Å²) in [6, 6.07) is 12.8. The second-order valence-corrected chi connectivity index (χ2v) is 8.02. The Kier molecular flexibility index (Phi) is 5.57. The third kappa shape index (κ3) is 4.44. The molecule has 0 radical (unpaired) electrons. The summed E-state index contributed by atoms with van der Waals surface area (Å²) in [6.45, 7) is -0.516. The number of nitrogens with zero attached hydrogens (tertiary/aromatic N) is 2. The summed E-state index contributed by atoms with van der Waals surface area (Å²) in [7, 11) is -4.16. The van der Waals surface area contributed by atoms with E-state index in [0.29, 0.717) is 15.4 Å². The number of anilines is 1. The van der Waals surface area contributed by atoms with Crippen molar-refractivity contribution in [2.45, 2.75) is 16.5 Å². The zero-order valence-electron chi connectivity index (χ0n) is 14.2. The van der Waals surface area contributed by atoms with E-state index in [2.05, 4.69) is 10.4 Å². The highest BCUT2D eigenvalue weighted by Crippen LogP contribution is 2.19. The predicted octanol–water partition coefficient (Wildman–Crippen LogP) is 2.51. The highest BCUT2D eigenvalue weighted by atomic mass is 35.5. The summed E-state index contributed by atoms with van der Waals surface area (Å²) < 4.78 is 39.3. The molecule has 10 heteroatoms. The maximum atomic E-state index is 13.4. The zero-order valence-corrected chi connectivity index (χ0v) is 15.7. The van der Waals surface area contributed by atoms with Crippen molar-refractivity contribution in [2.75, 3.05) is 5.32 Å². The molecule has 0 aliphatic heterocycles. The van der Waals surface area contributed by atoms with Crippen LogP contribution in [0.15, 0.2) is 75.4 Å². The van der Waals surface area contributed by atoms with Crippen molar-refractivity contribution in [3.8, 4) is 0 Å². The van der Waals surface area contributed by atoms with E-state index in [4.69, 9.17) is 11.6 Å². The first kappa shape index (κ1) is 19.7. The minimum Gasteiger partial charge on any atom is -0.324 e. The fourth-order valence-corrected chi connectivity index (χ4v) is 3.75. The van der Waals surface area contributed by atoms with Crippen LogP contribution < -0.4 is 10.9 Å². The zero-order chi connectivity index (χ0) is 20.3. The van der Waals surface area contributed by atoms with Gasteiger partial charge < -0.3 is 5.32 Å². The number of hydrogen-bond donors (Lipinski definition) is 1. The molecular weight excluding hydrogens is 409 g/mol. The highest BCUT2D eigenvalue weighted by Gasteiger charge is 2.21. The van der Waals surface area contributed by atoms with Gasteiger partial charge in [0.05, 0.1) is 4.90 Å². The van der Waals surface area contributed by atoms with E-state index in [0.717, 1.165) is 24.3 Å². The molecule has 1 aromatic heterocycles. The number of halogens is 2. The first-order chi connectivity index (χ1) is 13.3. The molecule has 28 heavy (non-hydrogen) atoms. The summed E-state index contributed by atoms with van der Waals surface area (Å²) in [5.41, 5.74) is -0.256. The Hall–Kier alpha value is -3.04. The lowest BCUT2D eigenvalue weighted by atomic mass is 10.3. The third-order valence-electron chi connectivity index (χ3n) is 3.63. The molecular formula is C18H13ClFN3O4S. The van der Waals surface area contributed by atoms with Gasteiger partial charge in [-0.1, -0.05) is 23.7 Å². The SMILES string of the molecule is O=C(Cn1nc(S(=O)(=O)c2cccc(F)c2)ccc1=O)Nc1cccc(Cl)c1. The van der Waals surface area contributed by atoms with Crippen molar-refractivity contribution >= 4 is 33.0 Å². The van der Waals surface area contributed by atoms with Crippen LogP contribution in [0.2, 0.25) is 5.02 Å². The van der Waals surface area contributed by atoms with Crippen LogP contribution in [0.1, 0.15) is 0 Å². The topological polar surface area (TPSA) is 98.1 Å². The molecule has 144 valence electrons. The largest absolute Gasteiger partial charge is 0.324 e. The van der Waals surface area contributed by atoms with Gasteiger partial charge in [0, 0.05) is 16.8 Å². The lowest BCUT2D eigenvalue weighted by Gasteiger charge is -2.09. The molecule has 1 amide bonds. The maximum absolute atomic E-state index is 13.4. The van der Waals surface area contributed by atoms with E-state index in [-0.39, 0.29) is 4.90 Å². The van der Waals surface area contributed by atoms with E-state index < -0.39 is 38.7 Å². The van der Waals surface area contributed by atoms with Gasteiger partial charge in [-0.3, -0.25) is 9.59 Å². The van der Waals surface area contributed by atoms with Crippen LogP contribution in [-0.2, 0) is 21.2 Å². The lowest BCUT2D eigenvalue weighted by molar-refractivity contribution is -0.117. The van der Waals surface area contributed by atoms with E-state index in [1.807, 2.05) is 0 Å². The number of carbonyl (C=O) groups is 1. The molecule has 0 aliphatic rings. The van der Waals surface area contributed by atoms with Crippen LogP contribution in [-0.4, -0.2) is 24.1 Å². The summed E-state index contributed by atoms with van der Waals surface area (Å²) >= 11 is 5.84. The molecule has 1 heterocycles. The molecule has 0 saturated heterocycles. The van der Waals surface area contributed by atoms with Crippen molar-refractivity contribution in [1.82, 2.24) is 9.78 Å². The Morgan fingerprint density at radius 3 is 2.57 bits per heavy atom. The minimum absolute atomic E-state index is 0.312. The van der Waals surface area contributed by atoms with Crippen LogP contribution in [0.25, 0.3) is 0 Å².